The molecule has 12 heteroatoms. The van der Waals surface area contributed by atoms with Crippen LogP contribution < -0.4 is 33.2 Å². The van der Waals surface area contributed by atoms with Crippen LogP contribution in [0.15, 0.2) is 4.99 Å². The molecule has 0 bridgehead atoms. The SMILES string of the molecule is CCCC[C@H]1NC[C@@H](C(=O)C2(N3C[C@@H](C(N)=O)NC(=O)[C@H]3CCCN=C(N)N)CC2)NC1=O. The first-order valence-corrected chi connectivity index (χ1v) is 11.7. The molecule has 3 fully saturated rings. The van der Waals surface area contributed by atoms with Crippen LogP contribution in [0.3, 0.4) is 0 Å². The first-order chi connectivity index (χ1) is 15.7. The van der Waals surface area contributed by atoms with Crippen molar-refractivity contribution in [1.82, 2.24) is 20.9 Å². The lowest BCUT2D eigenvalue weighted by atomic mass is 9.92. The van der Waals surface area contributed by atoms with Crippen molar-refractivity contribution >= 4 is 29.5 Å². The zero-order chi connectivity index (χ0) is 24.2. The van der Waals surface area contributed by atoms with Gasteiger partial charge in [0.25, 0.3) is 0 Å². The Bertz CT molecular complexity index is 808. The van der Waals surface area contributed by atoms with Gasteiger partial charge in [-0.15, -0.1) is 0 Å². The molecule has 3 aliphatic rings. The fourth-order valence-electron chi connectivity index (χ4n) is 4.79. The standard InChI is InChI=1S/C21H36N8O4/c1-2-3-5-12-18(32)27-13(10-26-12)16(30)21(7-8-21)29-11-14(17(22)31)28-19(33)15(29)6-4-9-25-20(23)24/h12-15,26H,2-11H2,1H3,(H2,22,31)(H,27,32)(H,28,33)(H4,23,24,25)/t12-,13+,14+,15-/m1/s1. The maximum atomic E-state index is 13.6. The third-order valence-electron chi connectivity index (χ3n) is 6.74. The van der Waals surface area contributed by atoms with Crippen molar-refractivity contribution in [3.8, 4) is 0 Å². The van der Waals surface area contributed by atoms with Crippen LogP contribution in [0.5, 0.6) is 0 Å². The van der Waals surface area contributed by atoms with Gasteiger partial charge >= 0.3 is 0 Å². The normalized spacial score (nSPS) is 29.0. The summed E-state index contributed by atoms with van der Waals surface area (Å²) in [5.41, 5.74) is 15.3. The van der Waals surface area contributed by atoms with E-state index in [-0.39, 0.29) is 36.1 Å². The largest absolute Gasteiger partial charge is 0.370 e. The molecule has 2 heterocycles. The van der Waals surface area contributed by atoms with Crippen molar-refractivity contribution in [2.75, 3.05) is 19.6 Å². The summed E-state index contributed by atoms with van der Waals surface area (Å²) < 4.78 is 0. The molecular formula is C21H36N8O4. The fraction of sp³-hybridized carbons (Fsp3) is 0.762. The second-order valence-electron chi connectivity index (χ2n) is 9.14. The molecule has 3 amide bonds. The van der Waals surface area contributed by atoms with Crippen LogP contribution in [0.25, 0.3) is 0 Å². The van der Waals surface area contributed by atoms with E-state index < -0.39 is 29.6 Å². The van der Waals surface area contributed by atoms with Gasteiger partial charge in [-0.05, 0) is 32.1 Å². The van der Waals surface area contributed by atoms with Gasteiger partial charge in [0, 0.05) is 19.6 Å². The van der Waals surface area contributed by atoms with Crippen LogP contribution in [0.2, 0.25) is 0 Å². The van der Waals surface area contributed by atoms with E-state index in [1.807, 2.05) is 4.90 Å². The number of amides is 3. The second-order valence-corrected chi connectivity index (χ2v) is 9.14. The highest BCUT2D eigenvalue weighted by atomic mass is 16.2. The van der Waals surface area contributed by atoms with E-state index in [4.69, 9.17) is 17.2 Å². The summed E-state index contributed by atoms with van der Waals surface area (Å²) in [6.45, 7) is 2.90. The van der Waals surface area contributed by atoms with Crippen molar-refractivity contribution in [2.24, 2.45) is 22.2 Å². The summed E-state index contributed by atoms with van der Waals surface area (Å²) in [7, 11) is 0. The number of nitrogens with zero attached hydrogens (tertiary/aromatic N) is 2. The van der Waals surface area contributed by atoms with Gasteiger partial charge in [0.1, 0.15) is 12.1 Å². The number of piperazine rings is 2. The summed E-state index contributed by atoms with van der Waals surface area (Å²) >= 11 is 0. The third-order valence-corrected chi connectivity index (χ3v) is 6.74. The smallest absolute Gasteiger partial charge is 0.241 e. The molecule has 0 radical (unpaired) electrons. The van der Waals surface area contributed by atoms with E-state index in [9.17, 15) is 19.2 Å². The number of guanidine groups is 1. The van der Waals surface area contributed by atoms with E-state index in [0.717, 1.165) is 19.3 Å². The molecule has 0 spiro atoms. The molecule has 184 valence electrons. The molecule has 3 rings (SSSR count). The average molecular weight is 465 g/mol. The lowest BCUT2D eigenvalue weighted by Crippen LogP contribution is -2.70. The average Bonchev–Trinajstić information content (AvgIpc) is 3.57. The number of carbonyl (C=O) groups excluding carboxylic acids is 4. The van der Waals surface area contributed by atoms with E-state index in [0.29, 0.717) is 38.8 Å². The number of unbranched alkanes of at least 4 members (excludes halogenated alkanes) is 1. The number of primary amides is 1. The molecule has 2 saturated heterocycles. The van der Waals surface area contributed by atoms with Crippen molar-refractivity contribution in [3.63, 3.8) is 0 Å². The van der Waals surface area contributed by atoms with Gasteiger partial charge < -0.3 is 33.2 Å². The lowest BCUT2D eigenvalue weighted by molar-refractivity contribution is -0.144. The van der Waals surface area contributed by atoms with Gasteiger partial charge in [-0.3, -0.25) is 29.1 Å². The van der Waals surface area contributed by atoms with Crippen molar-refractivity contribution < 1.29 is 19.2 Å². The van der Waals surface area contributed by atoms with Crippen molar-refractivity contribution in [2.45, 2.75) is 81.6 Å². The highest BCUT2D eigenvalue weighted by molar-refractivity contribution is 6.00. The first-order valence-electron chi connectivity index (χ1n) is 11.7. The van der Waals surface area contributed by atoms with E-state index in [1.54, 1.807) is 0 Å². The van der Waals surface area contributed by atoms with Crippen LogP contribution in [-0.4, -0.2) is 83.7 Å². The van der Waals surface area contributed by atoms with Crippen molar-refractivity contribution in [3.05, 3.63) is 0 Å². The summed E-state index contributed by atoms with van der Waals surface area (Å²) in [6, 6.07) is -2.48. The number of hydrogen-bond donors (Lipinski definition) is 6. The molecule has 33 heavy (non-hydrogen) atoms. The Balaban J connectivity index is 1.74. The molecular weight excluding hydrogens is 428 g/mol. The molecule has 1 saturated carbocycles. The Morgan fingerprint density at radius 2 is 1.76 bits per heavy atom. The first kappa shape index (κ1) is 24.9. The molecule has 0 aromatic heterocycles. The number of ketones is 1. The zero-order valence-corrected chi connectivity index (χ0v) is 19.1. The molecule has 0 aromatic carbocycles. The lowest BCUT2D eigenvalue weighted by Gasteiger charge is -2.44. The second kappa shape index (κ2) is 10.5. The van der Waals surface area contributed by atoms with E-state index >= 15 is 0 Å². The van der Waals surface area contributed by atoms with Gasteiger partial charge in [0.05, 0.1) is 17.6 Å². The quantitative estimate of drug-likeness (QED) is 0.109. The molecule has 1 aliphatic carbocycles. The van der Waals surface area contributed by atoms with Gasteiger partial charge in [-0.25, -0.2) is 0 Å². The Morgan fingerprint density at radius 3 is 2.33 bits per heavy atom. The number of nitrogens with one attached hydrogen (secondary N) is 3. The fourth-order valence-corrected chi connectivity index (χ4v) is 4.79. The molecule has 0 unspecified atom stereocenters. The minimum atomic E-state index is -0.901. The summed E-state index contributed by atoms with van der Waals surface area (Å²) in [6.07, 6.45) is 4.68. The molecule has 4 atom stereocenters. The maximum Gasteiger partial charge on any atom is 0.241 e. The minimum Gasteiger partial charge on any atom is -0.370 e. The van der Waals surface area contributed by atoms with Gasteiger partial charge in [-0.1, -0.05) is 19.8 Å². The summed E-state index contributed by atoms with van der Waals surface area (Å²) in [5.74, 6) is -1.34. The summed E-state index contributed by atoms with van der Waals surface area (Å²) in [5, 5.41) is 8.73. The van der Waals surface area contributed by atoms with Gasteiger partial charge in [-0.2, -0.15) is 0 Å². The Hall–Kier alpha value is -2.73. The minimum absolute atomic E-state index is 0.0274. The number of nitrogens with two attached hydrogens (primary N) is 3. The number of carbonyl (C=O) groups is 4. The van der Waals surface area contributed by atoms with Crippen molar-refractivity contribution in [1.29, 1.82) is 0 Å². The molecule has 0 aromatic rings. The van der Waals surface area contributed by atoms with Gasteiger partial charge in [0.2, 0.25) is 17.7 Å². The third kappa shape index (κ3) is 5.61. The van der Waals surface area contributed by atoms with Crippen LogP contribution in [0, 0.1) is 0 Å². The zero-order valence-electron chi connectivity index (χ0n) is 19.1. The van der Waals surface area contributed by atoms with E-state index in [2.05, 4.69) is 27.9 Å². The van der Waals surface area contributed by atoms with Crippen LogP contribution in [0.4, 0.5) is 0 Å². The monoisotopic (exact) mass is 464 g/mol. The number of Topliss-reactive ketones (excluding diaryl/α,β-unsaturated/α-hetero) is 1. The number of rotatable bonds is 11. The molecule has 12 nitrogen and oxygen atoms in total. The highest BCUT2D eigenvalue weighted by Gasteiger charge is 2.60. The molecule has 9 N–H and O–H groups in total. The number of hydrogen-bond acceptors (Lipinski definition) is 7. The Labute approximate surface area is 193 Å². The highest BCUT2D eigenvalue weighted by Crippen LogP contribution is 2.46. The van der Waals surface area contributed by atoms with Gasteiger partial charge in [0.15, 0.2) is 11.7 Å². The predicted octanol–water partition coefficient (Wildman–Crippen LogP) is -2.56. The Morgan fingerprint density at radius 1 is 1.06 bits per heavy atom. The van der Waals surface area contributed by atoms with Crippen LogP contribution in [-0.2, 0) is 19.2 Å². The Kier molecular flexibility index (Phi) is 7.90. The maximum absolute atomic E-state index is 13.6. The summed E-state index contributed by atoms with van der Waals surface area (Å²) in [4.78, 5) is 56.6. The topological polar surface area (TPSA) is 198 Å². The number of aliphatic imine (C=N–C) groups is 1. The molecule has 2 aliphatic heterocycles. The van der Waals surface area contributed by atoms with E-state index in [1.165, 1.54) is 0 Å². The predicted molar refractivity (Wildman–Crippen MR) is 122 cm³/mol. The van der Waals surface area contributed by atoms with Crippen LogP contribution in [0.1, 0.15) is 51.9 Å². The van der Waals surface area contributed by atoms with Crippen LogP contribution >= 0.6 is 0 Å².